The van der Waals surface area contributed by atoms with E-state index in [9.17, 15) is 10.5 Å². The molecular formula is C38H20N2S2. The number of thiophene rings is 2. The minimum atomic E-state index is 0.651. The second-order valence-corrected chi connectivity index (χ2v) is 12.5. The van der Waals surface area contributed by atoms with Gasteiger partial charge in [-0.25, -0.2) is 0 Å². The number of rotatable bonds is 3. The molecule has 0 amide bonds. The van der Waals surface area contributed by atoms with Crippen molar-refractivity contribution in [3.63, 3.8) is 0 Å². The summed E-state index contributed by atoms with van der Waals surface area (Å²) in [6, 6.07) is 46.8. The van der Waals surface area contributed by atoms with Crippen molar-refractivity contribution in [1.82, 2.24) is 0 Å². The van der Waals surface area contributed by atoms with Crippen LogP contribution in [0.4, 0.5) is 0 Å². The predicted octanol–water partition coefficient (Wildman–Crippen LogP) is 11.2. The van der Waals surface area contributed by atoms with Gasteiger partial charge in [0.05, 0.1) is 23.3 Å². The van der Waals surface area contributed by atoms with Gasteiger partial charge in [-0.15, -0.1) is 22.7 Å². The second-order valence-electron chi connectivity index (χ2n) is 10.4. The second kappa shape index (κ2) is 9.68. The minimum Gasteiger partial charge on any atom is -0.192 e. The van der Waals surface area contributed by atoms with Crippen molar-refractivity contribution < 1.29 is 0 Å². The molecule has 2 nitrogen and oxygen atoms in total. The molecule has 0 radical (unpaired) electrons. The first-order valence-electron chi connectivity index (χ1n) is 13.6. The van der Waals surface area contributed by atoms with E-state index in [0.29, 0.717) is 11.1 Å². The van der Waals surface area contributed by atoms with Crippen LogP contribution < -0.4 is 0 Å². The van der Waals surface area contributed by atoms with Crippen LogP contribution in [0.1, 0.15) is 11.1 Å². The van der Waals surface area contributed by atoms with Gasteiger partial charge in [0.2, 0.25) is 0 Å². The average Bonchev–Trinajstić information content (AvgIpc) is 3.62. The van der Waals surface area contributed by atoms with Gasteiger partial charge >= 0.3 is 0 Å². The van der Waals surface area contributed by atoms with E-state index in [2.05, 4.69) is 91.0 Å². The maximum Gasteiger partial charge on any atom is 0.0998 e. The first-order valence-corrected chi connectivity index (χ1v) is 15.3. The molecule has 0 spiro atoms. The van der Waals surface area contributed by atoms with Crippen LogP contribution in [0.5, 0.6) is 0 Å². The van der Waals surface area contributed by atoms with Gasteiger partial charge in [0.1, 0.15) is 0 Å². The Morgan fingerprint density at radius 2 is 1.10 bits per heavy atom. The molecule has 2 heterocycles. The molecule has 0 bridgehead atoms. The third-order valence-corrected chi connectivity index (χ3v) is 10.2. The Kier molecular flexibility index (Phi) is 5.66. The monoisotopic (exact) mass is 568 g/mol. The van der Waals surface area contributed by atoms with Crippen LogP contribution in [0.3, 0.4) is 0 Å². The van der Waals surface area contributed by atoms with Crippen molar-refractivity contribution in [2.75, 3.05) is 0 Å². The molecular weight excluding hydrogens is 549 g/mol. The first-order chi connectivity index (χ1) is 20.7. The van der Waals surface area contributed by atoms with Crippen molar-refractivity contribution in [2.45, 2.75) is 0 Å². The van der Waals surface area contributed by atoms with Crippen molar-refractivity contribution in [3.8, 4) is 45.5 Å². The summed E-state index contributed by atoms with van der Waals surface area (Å²) >= 11 is 3.57. The molecule has 2 aromatic heterocycles. The lowest BCUT2D eigenvalue weighted by atomic mass is 9.90. The average molecular weight is 569 g/mol. The Hall–Kier alpha value is -5.26. The molecule has 4 heteroatoms. The van der Waals surface area contributed by atoms with Crippen LogP contribution >= 0.6 is 22.7 Å². The van der Waals surface area contributed by atoms with Crippen LogP contribution in [0.25, 0.3) is 73.7 Å². The molecule has 6 aromatic carbocycles. The molecule has 0 unspecified atom stereocenters. The Morgan fingerprint density at radius 3 is 1.98 bits per heavy atom. The largest absolute Gasteiger partial charge is 0.192 e. The lowest BCUT2D eigenvalue weighted by Gasteiger charge is -2.13. The smallest absolute Gasteiger partial charge is 0.0998 e. The maximum absolute atomic E-state index is 9.96. The van der Waals surface area contributed by atoms with Gasteiger partial charge in [-0.05, 0) is 100 Å². The molecule has 0 aliphatic carbocycles. The van der Waals surface area contributed by atoms with Crippen LogP contribution in [0.15, 0.2) is 121 Å². The Bertz CT molecular complexity index is 2450. The van der Waals surface area contributed by atoms with E-state index in [1.807, 2.05) is 53.8 Å². The van der Waals surface area contributed by atoms with Crippen molar-refractivity contribution in [2.24, 2.45) is 0 Å². The van der Waals surface area contributed by atoms with E-state index in [1.54, 1.807) is 11.3 Å². The van der Waals surface area contributed by atoms with E-state index in [4.69, 9.17) is 0 Å². The van der Waals surface area contributed by atoms with E-state index < -0.39 is 0 Å². The van der Waals surface area contributed by atoms with Gasteiger partial charge in [0.15, 0.2) is 0 Å². The van der Waals surface area contributed by atoms with E-state index >= 15 is 0 Å². The number of hydrogen-bond donors (Lipinski definition) is 0. The summed E-state index contributed by atoms with van der Waals surface area (Å²) in [6.45, 7) is 0. The summed E-state index contributed by atoms with van der Waals surface area (Å²) in [5.74, 6) is 0. The van der Waals surface area contributed by atoms with Gasteiger partial charge in [-0.3, -0.25) is 0 Å². The normalized spacial score (nSPS) is 11.3. The topological polar surface area (TPSA) is 47.6 Å². The van der Waals surface area contributed by atoms with Gasteiger partial charge in [0.25, 0.3) is 0 Å². The standard InChI is InChI=1S/C38H20N2S2/c39-21-23-12-14-36-33(16-23)38-30(9-5-11-37(38)42-36)28-18-26(17-27(19-28)29-7-2-1-6-25(29)22-40)24-13-15-35-32(20-24)31-8-3-4-10-34(31)41-35/h1-20H. The summed E-state index contributed by atoms with van der Waals surface area (Å²) < 4.78 is 4.91. The minimum absolute atomic E-state index is 0.651. The van der Waals surface area contributed by atoms with Crippen LogP contribution in [-0.4, -0.2) is 0 Å². The van der Waals surface area contributed by atoms with Crippen molar-refractivity contribution in [1.29, 1.82) is 10.5 Å². The summed E-state index contributed by atoms with van der Waals surface area (Å²) in [5.41, 5.74) is 7.66. The molecule has 0 aliphatic rings. The molecule has 0 N–H and O–H groups in total. The Balaban J connectivity index is 1.42. The SMILES string of the molecule is N#Cc1ccc2sc3cccc(-c4cc(-c5ccc6sc7ccccc7c6c5)cc(-c5ccccc5C#N)c4)c3c2c1. The highest BCUT2D eigenvalue weighted by molar-refractivity contribution is 7.26. The quantitative estimate of drug-likeness (QED) is 0.213. The molecule has 8 rings (SSSR count). The Labute approximate surface area is 250 Å². The van der Waals surface area contributed by atoms with Gasteiger partial charge in [0, 0.05) is 40.3 Å². The number of nitriles is 2. The highest BCUT2D eigenvalue weighted by Gasteiger charge is 2.16. The fraction of sp³-hybridized carbons (Fsp3) is 0. The van der Waals surface area contributed by atoms with E-state index in [1.165, 1.54) is 24.9 Å². The van der Waals surface area contributed by atoms with Gasteiger partial charge in [-0.1, -0.05) is 54.6 Å². The highest BCUT2D eigenvalue weighted by Crippen LogP contribution is 2.43. The van der Waals surface area contributed by atoms with Crippen LogP contribution in [0, 0.1) is 22.7 Å². The fourth-order valence-electron chi connectivity index (χ4n) is 5.98. The first kappa shape index (κ1) is 24.5. The molecule has 0 saturated carbocycles. The van der Waals surface area contributed by atoms with E-state index in [-0.39, 0.29) is 0 Å². The number of benzene rings is 6. The lowest BCUT2D eigenvalue weighted by Crippen LogP contribution is -1.89. The summed E-state index contributed by atoms with van der Waals surface area (Å²) in [4.78, 5) is 0. The molecule has 0 fully saturated rings. The van der Waals surface area contributed by atoms with E-state index in [0.717, 1.165) is 48.9 Å². The number of hydrogen-bond acceptors (Lipinski definition) is 4. The number of nitrogens with zero attached hydrogens (tertiary/aromatic N) is 2. The highest BCUT2D eigenvalue weighted by atomic mass is 32.1. The summed E-state index contributed by atoms with van der Waals surface area (Å²) in [5, 5.41) is 24.4. The zero-order chi connectivity index (χ0) is 28.2. The molecule has 0 aliphatic heterocycles. The Morgan fingerprint density at radius 1 is 0.429 bits per heavy atom. The molecule has 0 atom stereocenters. The lowest BCUT2D eigenvalue weighted by molar-refractivity contribution is 1.48. The number of fused-ring (bicyclic) bond motifs is 6. The molecule has 194 valence electrons. The van der Waals surface area contributed by atoms with Gasteiger partial charge < -0.3 is 0 Å². The van der Waals surface area contributed by atoms with Gasteiger partial charge in [-0.2, -0.15) is 10.5 Å². The van der Waals surface area contributed by atoms with Crippen LogP contribution in [0.2, 0.25) is 0 Å². The van der Waals surface area contributed by atoms with Crippen LogP contribution in [-0.2, 0) is 0 Å². The molecule has 42 heavy (non-hydrogen) atoms. The van der Waals surface area contributed by atoms with Crippen molar-refractivity contribution in [3.05, 3.63) is 132 Å². The third kappa shape index (κ3) is 3.90. The van der Waals surface area contributed by atoms with Crippen molar-refractivity contribution >= 4 is 63.0 Å². The summed E-state index contributed by atoms with van der Waals surface area (Å²) in [6.07, 6.45) is 0. The third-order valence-electron chi connectivity index (χ3n) is 7.94. The zero-order valence-corrected chi connectivity index (χ0v) is 23.9. The zero-order valence-electron chi connectivity index (χ0n) is 22.3. The maximum atomic E-state index is 9.96. The summed E-state index contributed by atoms with van der Waals surface area (Å²) in [7, 11) is 0. The fourth-order valence-corrected chi connectivity index (χ4v) is 8.18. The molecule has 0 saturated heterocycles. The molecule has 8 aromatic rings. The predicted molar refractivity (Wildman–Crippen MR) is 178 cm³/mol.